The highest BCUT2D eigenvalue weighted by molar-refractivity contribution is 7.98. The van der Waals surface area contributed by atoms with Crippen molar-refractivity contribution >= 4 is 11.8 Å². The van der Waals surface area contributed by atoms with Crippen LogP contribution in [0.15, 0.2) is 29.2 Å². The van der Waals surface area contributed by atoms with E-state index >= 15 is 0 Å². The summed E-state index contributed by atoms with van der Waals surface area (Å²) in [5.74, 6) is 0. The van der Waals surface area contributed by atoms with E-state index in [0.717, 1.165) is 26.2 Å². The fourth-order valence-electron chi connectivity index (χ4n) is 1.87. The number of thioether (sulfide) groups is 1. The van der Waals surface area contributed by atoms with Gasteiger partial charge in [0.1, 0.15) is 0 Å². The summed E-state index contributed by atoms with van der Waals surface area (Å²) in [5, 5.41) is 3.58. The van der Waals surface area contributed by atoms with Crippen molar-refractivity contribution in [1.82, 2.24) is 5.32 Å². The molecule has 1 unspecified atom stereocenters. The molecule has 0 aliphatic carbocycles. The molecule has 1 atom stereocenters. The van der Waals surface area contributed by atoms with Gasteiger partial charge in [0.05, 0.1) is 6.61 Å². The Bertz CT molecular complexity index is 330. The van der Waals surface area contributed by atoms with Crippen LogP contribution in [0.4, 0.5) is 0 Å². The van der Waals surface area contributed by atoms with Gasteiger partial charge in [0.15, 0.2) is 0 Å². The summed E-state index contributed by atoms with van der Waals surface area (Å²) in [6.07, 6.45) is 3.21. The Balaban J connectivity index is 1.89. The summed E-state index contributed by atoms with van der Waals surface area (Å²) >= 11 is 1.78. The second kappa shape index (κ2) is 5.21. The van der Waals surface area contributed by atoms with Crippen molar-refractivity contribution in [2.75, 3.05) is 19.5 Å². The zero-order valence-electron chi connectivity index (χ0n) is 9.95. The number of hydrogen-bond donors (Lipinski definition) is 1. The highest BCUT2D eigenvalue weighted by Gasteiger charge is 2.28. The maximum absolute atomic E-state index is 5.42. The molecule has 0 bridgehead atoms. The van der Waals surface area contributed by atoms with Crippen LogP contribution in [0.25, 0.3) is 0 Å². The van der Waals surface area contributed by atoms with Crippen molar-refractivity contribution in [3.63, 3.8) is 0 Å². The van der Waals surface area contributed by atoms with Crippen LogP contribution in [0.3, 0.4) is 0 Å². The zero-order chi connectivity index (χ0) is 11.4. The van der Waals surface area contributed by atoms with Crippen LogP contribution >= 0.6 is 11.8 Å². The molecular weight excluding hydrogens is 218 g/mol. The van der Waals surface area contributed by atoms with E-state index in [9.17, 15) is 0 Å². The normalized spacial score (nSPS) is 24.9. The van der Waals surface area contributed by atoms with Crippen LogP contribution in [-0.2, 0) is 11.3 Å². The minimum absolute atomic E-state index is 0.165. The van der Waals surface area contributed by atoms with Crippen LogP contribution in [0.1, 0.15) is 18.9 Å². The molecule has 1 saturated heterocycles. The Labute approximate surface area is 102 Å². The van der Waals surface area contributed by atoms with Crippen molar-refractivity contribution in [3.05, 3.63) is 29.8 Å². The monoisotopic (exact) mass is 237 g/mol. The van der Waals surface area contributed by atoms with Gasteiger partial charge < -0.3 is 10.1 Å². The van der Waals surface area contributed by atoms with Crippen molar-refractivity contribution in [1.29, 1.82) is 0 Å². The maximum atomic E-state index is 5.42. The zero-order valence-corrected chi connectivity index (χ0v) is 10.8. The van der Waals surface area contributed by atoms with Gasteiger partial charge in [-0.3, -0.25) is 0 Å². The molecule has 1 fully saturated rings. The van der Waals surface area contributed by atoms with E-state index in [0.29, 0.717) is 0 Å². The van der Waals surface area contributed by atoms with E-state index in [2.05, 4.69) is 42.8 Å². The molecule has 1 aromatic carbocycles. The van der Waals surface area contributed by atoms with Crippen molar-refractivity contribution in [3.8, 4) is 0 Å². The Kier molecular flexibility index (Phi) is 3.90. The largest absolute Gasteiger partial charge is 0.379 e. The van der Waals surface area contributed by atoms with Crippen LogP contribution in [-0.4, -0.2) is 25.0 Å². The molecule has 0 amide bonds. The van der Waals surface area contributed by atoms with Gasteiger partial charge in [-0.25, -0.2) is 0 Å². The predicted octanol–water partition coefficient (Wildman–Crippen LogP) is 2.68. The lowest BCUT2D eigenvalue weighted by molar-refractivity contribution is 0.171. The quantitative estimate of drug-likeness (QED) is 0.814. The van der Waals surface area contributed by atoms with E-state index in [-0.39, 0.29) is 5.54 Å². The fourth-order valence-corrected chi connectivity index (χ4v) is 2.27. The smallest absolute Gasteiger partial charge is 0.0646 e. The summed E-state index contributed by atoms with van der Waals surface area (Å²) in [4.78, 5) is 1.32. The highest BCUT2D eigenvalue weighted by atomic mass is 32.2. The third-order valence-electron chi connectivity index (χ3n) is 3.10. The van der Waals surface area contributed by atoms with Crippen molar-refractivity contribution in [2.24, 2.45) is 0 Å². The first kappa shape index (κ1) is 12.0. The van der Waals surface area contributed by atoms with Gasteiger partial charge in [-0.15, -0.1) is 11.8 Å². The van der Waals surface area contributed by atoms with Gasteiger partial charge in [0.25, 0.3) is 0 Å². The van der Waals surface area contributed by atoms with Gasteiger partial charge in [-0.1, -0.05) is 12.1 Å². The van der Waals surface area contributed by atoms with Crippen molar-refractivity contribution < 1.29 is 4.74 Å². The molecule has 0 spiro atoms. The standard InChI is InChI=1S/C13H19NOS/c1-13(7-8-15-10-13)14-9-11-3-5-12(16-2)6-4-11/h3-6,14H,7-10H2,1-2H3. The van der Waals surface area contributed by atoms with Crippen LogP contribution < -0.4 is 5.32 Å². The molecule has 1 N–H and O–H groups in total. The third-order valence-corrected chi connectivity index (χ3v) is 3.84. The number of rotatable bonds is 4. The molecule has 2 rings (SSSR count). The molecule has 88 valence electrons. The average molecular weight is 237 g/mol. The molecule has 3 heteroatoms. The van der Waals surface area contributed by atoms with Crippen LogP contribution in [0, 0.1) is 0 Å². The summed E-state index contributed by atoms with van der Waals surface area (Å²) in [5.41, 5.74) is 1.50. The topological polar surface area (TPSA) is 21.3 Å². The number of nitrogens with one attached hydrogen (secondary N) is 1. The lowest BCUT2D eigenvalue weighted by Gasteiger charge is -2.23. The molecule has 1 aliphatic heterocycles. The van der Waals surface area contributed by atoms with Crippen molar-refractivity contribution in [2.45, 2.75) is 30.3 Å². The van der Waals surface area contributed by atoms with E-state index in [1.807, 2.05) is 0 Å². The molecule has 1 aromatic rings. The summed E-state index contributed by atoms with van der Waals surface area (Å²) in [6, 6.07) is 8.74. The Hall–Kier alpha value is -0.510. The first-order valence-corrected chi connectivity index (χ1v) is 6.90. The Morgan fingerprint density at radius 3 is 2.69 bits per heavy atom. The van der Waals surface area contributed by atoms with Gasteiger partial charge in [-0.05, 0) is 37.3 Å². The van der Waals surface area contributed by atoms with Crippen LogP contribution in [0.2, 0.25) is 0 Å². The highest BCUT2D eigenvalue weighted by Crippen LogP contribution is 2.19. The molecule has 1 heterocycles. The lowest BCUT2D eigenvalue weighted by atomic mass is 10.0. The van der Waals surface area contributed by atoms with E-state index < -0.39 is 0 Å². The van der Waals surface area contributed by atoms with Gasteiger partial charge in [0, 0.05) is 23.6 Å². The first-order chi connectivity index (χ1) is 7.72. The molecule has 0 aromatic heterocycles. The Morgan fingerprint density at radius 2 is 2.12 bits per heavy atom. The lowest BCUT2D eigenvalue weighted by Crippen LogP contribution is -2.42. The molecule has 0 radical (unpaired) electrons. The maximum Gasteiger partial charge on any atom is 0.0646 e. The first-order valence-electron chi connectivity index (χ1n) is 5.68. The molecular formula is C13H19NOS. The molecule has 0 saturated carbocycles. The third kappa shape index (κ3) is 3.00. The fraction of sp³-hybridized carbons (Fsp3) is 0.538. The average Bonchev–Trinajstić information content (AvgIpc) is 2.75. The molecule has 16 heavy (non-hydrogen) atoms. The van der Waals surface area contributed by atoms with Gasteiger partial charge in [-0.2, -0.15) is 0 Å². The second-order valence-electron chi connectivity index (χ2n) is 4.56. The predicted molar refractivity (Wildman–Crippen MR) is 68.9 cm³/mol. The second-order valence-corrected chi connectivity index (χ2v) is 5.44. The Morgan fingerprint density at radius 1 is 1.38 bits per heavy atom. The molecule has 2 nitrogen and oxygen atoms in total. The SMILES string of the molecule is CSc1ccc(CNC2(C)CCOC2)cc1. The summed E-state index contributed by atoms with van der Waals surface area (Å²) in [6.45, 7) is 4.87. The van der Waals surface area contributed by atoms with Gasteiger partial charge >= 0.3 is 0 Å². The number of ether oxygens (including phenoxy) is 1. The molecule has 1 aliphatic rings. The summed E-state index contributed by atoms with van der Waals surface area (Å²) in [7, 11) is 0. The minimum Gasteiger partial charge on any atom is -0.379 e. The number of benzene rings is 1. The summed E-state index contributed by atoms with van der Waals surface area (Å²) < 4.78 is 5.42. The van der Waals surface area contributed by atoms with Gasteiger partial charge in [0.2, 0.25) is 0 Å². The van der Waals surface area contributed by atoms with E-state index in [4.69, 9.17) is 4.74 Å². The van der Waals surface area contributed by atoms with E-state index in [1.165, 1.54) is 10.5 Å². The number of hydrogen-bond acceptors (Lipinski definition) is 3. The minimum atomic E-state index is 0.165. The van der Waals surface area contributed by atoms with Crippen LogP contribution in [0.5, 0.6) is 0 Å². The van der Waals surface area contributed by atoms with E-state index in [1.54, 1.807) is 11.8 Å².